The topological polar surface area (TPSA) is 14.8 Å². The first-order valence-corrected chi connectivity index (χ1v) is 8.87. The quantitative estimate of drug-likeness (QED) is 0.597. The van der Waals surface area contributed by atoms with Crippen molar-refractivity contribution in [2.45, 2.75) is 41.5 Å². The van der Waals surface area contributed by atoms with Crippen LogP contribution in [0.2, 0.25) is 0 Å². The van der Waals surface area contributed by atoms with E-state index in [0.29, 0.717) is 0 Å². The molecule has 3 rings (SSSR count). The van der Waals surface area contributed by atoms with Crippen LogP contribution in [-0.4, -0.2) is 13.0 Å². The molecule has 0 aromatic carbocycles. The van der Waals surface area contributed by atoms with E-state index < -0.39 is 8.37 Å². The van der Waals surface area contributed by atoms with E-state index in [2.05, 4.69) is 91.0 Å². The van der Waals surface area contributed by atoms with Gasteiger partial charge in [-0.15, -0.1) is 0 Å². The lowest BCUT2D eigenvalue weighted by Gasteiger charge is -2.29. The number of aromatic nitrogens is 3. The molecule has 0 fully saturated rings. The molecule has 3 aromatic heterocycles. The Kier molecular flexibility index (Phi) is 3.78. The molecule has 0 spiro atoms. The third-order valence-electron chi connectivity index (χ3n) is 4.24. The van der Waals surface area contributed by atoms with Crippen LogP contribution in [0.3, 0.4) is 0 Å². The summed E-state index contributed by atoms with van der Waals surface area (Å²) in [5, 5.41) is 0. The lowest BCUT2D eigenvalue weighted by Crippen LogP contribution is -2.14. The van der Waals surface area contributed by atoms with Crippen LogP contribution in [0.1, 0.15) is 34.2 Å². The molecule has 3 nitrogen and oxygen atoms in total. The third kappa shape index (κ3) is 2.24. The summed E-state index contributed by atoms with van der Waals surface area (Å²) >= 11 is 0. The van der Waals surface area contributed by atoms with Gasteiger partial charge in [0.1, 0.15) is 0 Å². The second kappa shape index (κ2) is 5.48. The van der Waals surface area contributed by atoms with Gasteiger partial charge in [0.25, 0.3) is 0 Å². The van der Waals surface area contributed by atoms with Crippen LogP contribution in [0, 0.1) is 41.5 Å². The van der Waals surface area contributed by atoms with Crippen molar-refractivity contribution in [3.8, 4) is 0 Å². The Hall–Kier alpha value is -1.73. The van der Waals surface area contributed by atoms with E-state index in [9.17, 15) is 0 Å². The molecule has 0 bridgehead atoms. The van der Waals surface area contributed by atoms with Crippen LogP contribution >= 0.6 is 8.37 Å². The van der Waals surface area contributed by atoms with Crippen molar-refractivity contribution in [1.82, 2.24) is 13.0 Å². The summed E-state index contributed by atoms with van der Waals surface area (Å²) in [7, 11) is -0.710. The summed E-state index contributed by atoms with van der Waals surface area (Å²) in [6.45, 7) is 13.2. The van der Waals surface area contributed by atoms with Crippen LogP contribution < -0.4 is 0 Å². The monoisotopic (exact) mass is 313 g/mol. The fourth-order valence-corrected chi connectivity index (χ4v) is 5.73. The van der Waals surface area contributed by atoms with Crippen molar-refractivity contribution in [3.05, 3.63) is 70.6 Å². The van der Waals surface area contributed by atoms with Gasteiger partial charge in [-0.25, -0.2) is 0 Å². The summed E-state index contributed by atoms with van der Waals surface area (Å²) in [6, 6.07) is 13.3. The first-order chi connectivity index (χ1) is 10.4. The van der Waals surface area contributed by atoms with Crippen LogP contribution in [0.15, 0.2) is 36.4 Å². The zero-order chi connectivity index (χ0) is 16.0. The van der Waals surface area contributed by atoms with Gasteiger partial charge in [0, 0.05) is 34.2 Å². The number of aryl methyl sites for hydroxylation is 6. The third-order valence-corrected chi connectivity index (χ3v) is 7.20. The normalized spacial score (nSPS) is 11.6. The SMILES string of the molecule is Cc1ccc(C)n1P(n1c(C)ccc1C)n1c(C)ccc1C. The van der Waals surface area contributed by atoms with Gasteiger partial charge in [0.15, 0.2) is 0 Å². The molecule has 0 N–H and O–H groups in total. The number of hydrogen-bond donors (Lipinski definition) is 0. The number of nitrogens with zero attached hydrogens (tertiary/aromatic N) is 3. The molecule has 4 heteroatoms. The van der Waals surface area contributed by atoms with E-state index in [1.807, 2.05) is 0 Å². The van der Waals surface area contributed by atoms with E-state index in [1.165, 1.54) is 34.2 Å². The molecule has 116 valence electrons. The van der Waals surface area contributed by atoms with Crippen molar-refractivity contribution in [3.63, 3.8) is 0 Å². The van der Waals surface area contributed by atoms with Gasteiger partial charge in [-0.05, 0) is 77.9 Å². The minimum absolute atomic E-state index is 0.710. The molecular weight excluding hydrogens is 289 g/mol. The van der Waals surface area contributed by atoms with Crippen molar-refractivity contribution in [1.29, 1.82) is 0 Å². The van der Waals surface area contributed by atoms with Gasteiger partial charge < -0.3 is 0 Å². The molecule has 3 aromatic rings. The second-order valence-electron chi connectivity index (χ2n) is 6.05. The smallest absolute Gasteiger partial charge is 0.221 e. The Morgan fingerprint density at radius 2 is 0.636 bits per heavy atom. The summed E-state index contributed by atoms with van der Waals surface area (Å²) in [5.74, 6) is 0. The number of hydrogen-bond acceptors (Lipinski definition) is 0. The van der Waals surface area contributed by atoms with Crippen molar-refractivity contribution < 1.29 is 0 Å². The van der Waals surface area contributed by atoms with Gasteiger partial charge in [0.2, 0.25) is 8.37 Å². The molecule has 0 aliphatic carbocycles. The van der Waals surface area contributed by atoms with Crippen LogP contribution in [-0.2, 0) is 0 Å². The fourth-order valence-electron chi connectivity index (χ4n) is 3.10. The summed E-state index contributed by atoms with van der Waals surface area (Å²) in [4.78, 5) is 0. The molecule has 0 saturated carbocycles. The highest BCUT2D eigenvalue weighted by atomic mass is 31.1. The van der Waals surface area contributed by atoms with E-state index in [1.54, 1.807) is 0 Å². The highest BCUT2D eigenvalue weighted by Gasteiger charge is 2.24. The zero-order valence-electron chi connectivity index (χ0n) is 14.3. The van der Waals surface area contributed by atoms with Crippen molar-refractivity contribution in [2.75, 3.05) is 0 Å². The first-order valence-electron chi connectivity index (χ1n) is 7.67. The van der Waals surface area contributed by atoms with Gasteiger partial charge in [0.05, 0.1) is 0 Å². The zero-order valence-corrected chi connectivity index (χ0v) is 15.1. The average Bonchev–Trinajstić information content (AvgIpc) is 3.08. The van der Waals surface area contributed by atoms with Crippen molar-refractivity contribution in [2.24, 2.45) is 0 Å². The molecule has 0 aliphatic heterocycles. The Morgan fingerprint density at radius 1 is 0.455 bits per heavy atom. The molecule has 22 heavy (non-hydrogen) atoms. The summed E-state index contributed by atoms with van der Waals surface area (Å²) in [6.07, 6.45) is 0. The standard InChI is InChI=1S/C18H24N3P/c1-13-7-8-14(2)19(13)22(20-15(3)9-10-16(20)4)21-17(5)11-12-18(21)6/h7-12H,1-6H3. The Balaban J connectivity index is 2.34. The van der Waals surface area contributed by atoms with E-state index in [4.69, 9.17) is 0 Å². The highest BCUT2D eigenvalue weighted by molar-refractivity contribution is 7.53. The average molecular weight is 313 g/mol. The Morgan fingerprint density at radius 3 is 0.818 bits per heavy atom. The van der Waals surface area contributed by atoms with Crippen molar-refractivity contribution >= 4 is 8.37 Å². The van der Waals surface area contributed by atoms with Gasteiger partial charge in [-0.2, -0.15) is 0 Å². The molecule has 0 radical (unpaired) electrons. The van der Waals surface area contributed by atoms with Gasteiger partial charge in [-0.3, -0.25) is 13.0 Å². The maximum absolute atomic E-state index is 2.48. The second-order valence-corrected chi connectivity index (χ2v) is 7.79. The van der Waals surface area contributed by atoms with E-state index >= 15 is 0 Å². The molecule has 3 heterocycles. The predicted molar refractivity (Wildman–Crippen MR) is 94.8 cm³/mol. The summed E-state index contributed by atoms with van der Waals surface area (Å²) in [5.41, 5.74) is 7.85. The van der Waals surface area contributed by atoms with Gasteiger partial charge in [-0.1, -0.05) is 0 Å². The van der Waals surface area contributed by atoms with Gasteiger partial charge >= 0.3 is 0 Å². The first kappa shape index (κ1) is 15.2. The predicted octanol–water partition coefficient (Wildman–Crippen LogP) is 5.11. The highest BCUT2D eigenvalue weighted by Crippen LogP contribution is 2.47. The minimum Gasteiger partial charge on any atom is -0.293 e. The Labute approximate surface area is 134 Å². The molecule has 0 saturated heterocycles. The largest absolute Gasteiger partial charge is 0.293 e. The van der Waals surface area contributed by atoms with E-state index in [-0.39, 0.29) is 0 Å². The molecule has 0 unspecified atom stereocenters. The summed E-state index contributed by atoms with van der Waals surface area (Å²) < 4.78 is 7.44. The lowest BCUT2D eigenvalue weighted by molar-refractivity contribution is 0.930. The van der Waals surface area contributed by atoms with Crippen LogP contribution in [0.5, 0.6) is 0 Å². The minimum atomic E-state index is -0.710. The fraction of sp³-hybridized carbons (Fsp3) is 0.333. The molecular formula is C18H24N3P. The molecule has 0 aliphatic rings. The Bertz CT molecular complexity index is 651. The van der Waals surface area contributed by atoms with E-state index in [0.717, 1.165) is 0 Å². The maximum Gasteiger partial charge on any atom is 0.221 e. The number of rotatable bonds is 3. The molecule has 0 amide bonds. The lowest BCUT2D eigenvalue weighted by atomic mass is 10.5. The van der Waals surface area contributed by atoms with Crippen LogP contribution in [0.4, 0.5) is 0 Å². The molecule has 0 atom stereocenters. The maximum atomic E-state index is 2.48. The van der Waals surface area contributed by atoms with Crippen LogP contribution in [0.25, 0.3) is 0 Å².